The van der Waals surface area contributed by atoms with Crippen LogP contribution in [0, 0.1) is 0 Å². The van der Waals surface area contributed by atoms with Crippen LogP contribution in [0.4, 0.5) is 19.0 Å². The third kappa shape index (κ3) is 6.31. The molecule has 0 aliphatic carbocycles. The average Bonchev–Trinajstić information content (AvgIpc) is 2.77. The first kappa shape index (κ1) is 22.8. The smallest absolute Gasteiger partial charge is 0.416 e. The summed E-state index contributed by atoms with van der Waals surface area (Å²) in [6.07, 6.45) is -3.12. The van der Waals surface area contributed by atoms with Gasteiger partial charge in [-0.15, -0.1) is 0 Å². The minimum atomic E-state index is -4.36. The molecule has 32 heavy (non-hydrogen) atoms. The molecule has 0 unspecified atom stereocenters. The number of carboxylic acid groups (broad SMARTS) is 1. The van der Waals surface area contributed by atoms with E-state index in [2.05, 4.69) is 15.6 Å². The van der Waals surface area contributed by atoms with Gasteiger partial charge in [0.15, 0.2) is 0 Å². The zero-order chi connectivity index (χ0) is 23.1. The molecule has 6 nitrogen and oxygen atoms in total. The molecule has 0 fully saturated rings. The molecular formula is C23H20F3N3O3. The van der Waals surface area contributed by atoms with Crippen LogP contribution in [0.3, 0.4) is 0 Å². The van der Waals surface area contributed by atoms with Crippen LogP contribution in [0.2, 0.25) is 0 Å². The molecule has 0 radical (unpaired) electrons. The second-order valence-electron chi connectivity index (χ2n) is 6.96. The van der Waals surface area contributed by atoms with E-state index in [0.717, 1.165) is 23.3 Å². The molecule has 0 saturated carbocycles. The summed E-state index contributed by atoms with van der Waals surface area (Å²) in [5, 5.41) is 14.2. The predicted molar refractivity (Wildman–Crippen MR) is 113 cm³/mol. The number of rotatable bonds is 8. The lowest BCUT2D eigenvalue weighted by Gasteiger charge is -2.09. The fourth-order valence-corrected chi connectivity index (χ4v) is 2.88. The lowest BCUT2D eigenvalue weighted by Crippen LogP contribution is -2.26. The number of aliphatic carboxylic acids is 1. The molecule has 1 amide bonds. The van der Waals surface area contributed by atoms with Crippen LogP contribution >= 0.6 is 0 Å². The van der Waals surface area contributed by atoms with Gasteiger partial charge in [0.2, 0.25) is 0 Å². The molecule has 9 heteroatoms. The van der Waals surface area contributed by atoms with Crippen molar-refractivity contribution in [1.82, 2.24) is 10.3 Å². The van der Waals surface area contributed by atoms with E-state index in [9.17, 15) is 22.8 Å². The number of amides is 1. The van der Waals surface area contributed by atoms with Crippen LogP contribution in [-0.2, 0) is 17.5 Å². The van der Waals surface area contributed by atoms with Gasteiger partial charge in [-0.25, -0.2) is 4.98 Å². The standard InChI is InChI=1S/C23H20F3N3O3/c24-23(25,26)19-8-5-17(6-9-19)16-3-1-15(2-4-16)13-28-20-10-7-18(14-29-20)22(32)27-12-11-21(30)31/h1-10,14H,11-13H2,(H,27,32)(H,28,29)(H,30,31). The Labute approximate surface area is 182 Å². The quantitative estimate of drug-likeness (QED) is 0.474. The molecule has 166 valence electrons. The minimum Gasteiger partial charge on any atom is -0.481 e. The Morgan fingerprint density at radius 1 is 0.906 bits per heavy atom. The van der Waals surface area contributed by atoms with E-state index in [4.69, 9.17) is 5.11 Å². The molecule has 0 spiro atoms. The highest BCUT2D eigenvalue weighted by molar-refractivity contribution is 5.94. The number of aromatic nitrogens is 1. The maximum Gasteiger partial charge on any atom is 0.416 e. The number of carbonyl (C=O) groups excluding carboxylic acids is 1. The summed E-state index contributed by atoms with van der Waals surface area (Å²) in [5.41, 5.74) is 2.08. The molecular weight excluding hydrogens is 423 g/mol. The molecule has 3 N–H and O–H groups in total. The molecule has 0 bridgehead atoms. The van der Waals surface area contributed by atoms with Gasteiger partial charge >= 0.3 is 12.1 Å². The van der Waals surface area contributed by atoms with E-state index in [-0.39, 0.29) is 13.0 Å². The summed E-state index contributed by atoms with van der Waals surface area (Å²) in [6.45, 7) is 0.501. The van der Waals surface area contributed by atoms with Crippen molar-refractivity contribution in [3.05, 3.63) is 83.6 Å². The average molecular weight is 443 g/mol. The van der Waals surface area contributed by atoms with Crippen molar-refractivity contribution in [3.8, 4) is 11.1 Å². The van der Waals surface area contributed by atoms with Gasteiger partial charge in [-0.3, -0.25) is 9.59 Å². The number of anilines is 1. The number of pyridine rings is 1. The van der Waals surface area contributed by atoms with Crippen LogP contribution in [0.25, 0.3) is 11.1 Å². The highest BCUT2D eigenvalue weighted by Gasteiger charge is 2.29. The van der Waals surface area contributed by atoms with Gasteiger partial charge in [-0.1, -0.05) is 36.4 Å². The number of hydrogen-bond donors (Lipinski definition) is 3. The Kier molecular flexibility index (Phi) is 7.09. The minimum absolute atomic E-state index is 0.0383. The summed E-state index contributed by atoms with van der Waals surface area (Å²) in [5.74, 6) is -0.835. The third-order valence-corrected chi connectivity index (χ3v) is 4.62. The lowest BCUT2D eigenvalue weighted by atomic mass is 10.0. The summed E-state index contributed by atoms with van der Waals surface area (Å²) < 4.78 is 38.1. The Hall–Kier alpha value is -3.88. The lowest BCUT2D eigenvalue weighted by molar-refractivity contribution is -0.138. The van der Waals surface area contributed by atoms with Gasteiger partial charge in [0.25, 0.3) is 5.91 Å². The van der Waals surface area contributed by atoms with Gasteiger partial charge in [-0.05, 0) is 41.0 Å². The summed E-state index contributed by atoms with van der Waals surface area (Å²) >= 11 is 0. The summed E-state index contributed by atoms with van der Waals surface area (Å²) in [7, 11) is 0. The predicted octanol–water partition coefficient (Wildman–Crippen LogP) is 4.58. The van der Waals surface area contributed by atoms with Crippen molar-refractivity contribution in [1.29, 1.82) is 0 Å². The molecule has 3 aromatic rings. The molecule has 0 aliphatic rings. The monoisotopic (exact) mass is 443 g/mol. The largest absolute Gasteiger partial charge is 0.481 e. The molecule has 2 aromatic carbocycles. The maximum atomic E-state index is 12.7. The first-order chi connectivity index (χ1) is 15.2. The number of nitrogens with one attached hydrogen (secondary N) is 2. The van der Waals surface area contributed by atoms with Crippen molar-refractivity contribution in [2.24, 2.45) is 0 Å². The highest BCUT2D eigenvalue weighted by atomic mass is 19.4. The van der Waals surface area contributed by atoms with E-state index < -0.39 is 23.6 Å². The number of halogens is 3. The van der Waals surface area contributed by atoms with Crippen LogP contribution in [0.5, 0.6) is 0 Å². The zero-order valence-electron chi connectivity index (χ0n) is 16.8. The van der Waals surface area contributed by atoms with Crippen LogP contribution in [-0.4, -0.2) is 28.5 Å². The Morgan fingerprint density at radius 3 is 2.06 bits per heavy atom. The fraction of sp³-hybridized carbons (Fsp3) is 0.174. The van der Waals surface area contributed by atoms with Gasteiger partial charge in [-0.2, -0.15) is 13.2 Å². The number of benzene rings is 2. The van der Waals surface area contributed by atoms with Crippen molar-refractivity contribution < 1.29 is 27.9 Å². The number of nitrogens with zero attached hydrogens (tertiary/aromatic N) is 1. The fourth-order valence-electron chi connectivity index (χ4n) is 2.88. The summed E-state index contributed by atoms with van der Waals surface area (Å²) in [4.78, 5) is 26.6. The number of hydrogen-bond acceptors (Lipinski definition) is 4. The van der Waals surface area contributed by atoms with Crippen molar-refractivity contribution in [2.75, 3.05) is 11.9 Å². The molecule has 0 saturated heterocycles. The van der Waals surface area contributed by atoms with Crippen LogP contribution in [0.15, 0.2) is 66.9 Å². The van der Waals surface area contributed by atoms with Crippen molar-refractivity contribution in [3.63, 3.8) is 0 Å². The maximum absolute atomic E-state index is 12.7. The van der Waals surface area contributed by atoms with Crippen molar-refractivity contribution in [2.45, 2.75) is 19.1 Å². The highest BCUT2D eigenvalue weighted by Crippen LogP contribution is 2.31. The third-order valence-electron chi connectivity index (χ3n) is 4.62. The number of alkyl halides is 3. The molecule has 0 atom stereocenters. The van der Waals surface area contributed by atoms with Gasteiger partial charge in [0, 0.05) is 19.3 Å². The van der Waals surface area contributed by atoms with E-state index in [1.165, 1.54) is 18.3 Å². The Balaban J connectivity index is 1.54. The second-order valence-corrected chi connectivity index (χ2v) is 6.96. The van der Waals surface area contributed by atoms with Crippen LogP contribution in [0.1, 0.15) is 27.9 Å². The molecule has 1 heterocycles. The zero-order valence-corrected chi connectivity index (χ0v) is 16.8. The Morgan fingerprint density at radius 2 is 1.53 bits per heavy atom. The molecule has 1 aromatic heterocycles. The van der Waals surface area contributed by atoms with Gasteiger partial charge in [0.1, 0.15) is 5.82 Å². The van der Waals surface area contributed by atoms with Crippen molar-refractivity contribution >= 4 is 17.7 Å². The molecule has 0 aliphatic heterocycles. The first-order valence-electron chi connectivity index (χ1n) is 9.69. The molecule has 3 rings (SSSR count). The van der Waals surface area contributed by atoms with E-state index in [1.54, 1.807) is 12.1 Å². The van der Waals surface area contributed by atoms with Gasteiger partial charge in [0.05, 0.1) is 17.5 Å². The van der Waals surface area contributed by atoms with E-state index in [1.807, 2.05) is 24.3 Å². The number of carbonyl (C=O) groups is 2. The second kappa shape index (κ2) is 9.95. The van der Waals surface area contributed by atoms with Gasteiger partial charge < -0.3 is 15.7 Å². The van der Waals surface area contributed by atoms with Crippen LogP contribution < -0.4 is 10.6 Å². The van der Waals surface area contributed by atoms with E-state index >= 15 is 0 Å². The number of carboxylic acids is 1. The summed E-state index contributed by atoms with van der Waals surface area (Å²) in [6, 6.07) is 15.6. The Bertz CT molecular complexity index is 1060. The normalized spacial score (nSPS) is 11.1. The SMILES string of the molecule is O=C(O)CCNC(=O)c1ccc(NCc2ccc(-c3ccc(C(F)(F)F)cc3)cc2)nc1. The first-order valence-corrected chi connectivity index (χ1v) is 9.69. The van der Waals surface area contributed by atoms with E-state index in [0.29, 0.717) is 23.5 Å². The topological polar surface area (TPSA) is 91.3 Å².